The summed E-state index contributed by atoms with van der Waals surface area (Å²) in [4.78, 5) is 22.1. The van der Waals surface area contributed by atoms with Gasteiger partial charge in [-0.2, -0.15) is 0 Å². The molecule has 0 unspecified atom stereocenters. The van der Waals surface area contributed by atoms with Gasteiger partial charge in [-0.3, -0.25) is 9.69 Å². The Balaban J connectivity index is 1.23. The Kier molecular flexibility index (Phi) is 5.30. The van der Waals surface area contributed by atoms with Gasteiger partial charge in [-0.05, 0) is 49.1 Å². The second-order valence-electron chi connectivity index (χ2n) is 8.85. The van der Waals surface area contributed by atoms with E-state index in [1.165, 1.54) is 31.2 Å². The minimum absolute atomic E-state index is 0.132. The van der Waals surface area contributed by atoms with Crippen LogP contribution >= 0.6 is 0 Å². The minimum atomic E-state index is 0.132. The number of hydrogen-bond donors (Lipinski definition) is 0. The molecule has 2 heterocycles. The van der Waals surface area contributed by atoms with Gasteiger partial charge in [0.15, 0.2) is 0 Å². The van der Waals surface area contributed by atoms with E-state index in [9.17, 15) is 4.79 Å². The number of carbonyl (C=O) groups excluding carboxylic acids is 1. The van der Waals surface area contributed by atoms with Crippen molar-refractivity contribution in [2.24, 2.45) is 0 Å². The Morgan fingerprint density at radius 3 is 2.63 bits per heavy atom. The number of nitrogens with zero attached hydrogens (tertiary/aromatic N) is 4. The number of hydrogen-bond acceptors (Lipinski definition) is 3. The number of likely N-dealkylation sites (N-methyl/N-ethyl adjacent to an activating group) is 1. The molecule has 0 bridgehead atoms. The average Bonchev–Trinajstić information content (AvgIpc) is 3.54. The van der Waals surface area contributed by atoms with Gasteiger partial charge in [0, 0.05) is 44.3 Å². The molecule has 2 fully saturated rings. The third-order valence-electron chi connectivity index (χ3n) is 6.99. The van der Waals surface area contributed by atoms with Gasteiger partial charge in [-0.1, -0.05) is 37.1 Å². The molecule has 5 nitrogen and oxygen atoms in total. The maximum atomic E-state index is 13.1. The molecule has 2 aromatic carbocycles. The van der Waals surface area contributed by atoms with Crippen LogP contribution in [0.3, 0.4) is 0 Å². The summed E-state index contributed by atoms with van der Waals surface area (Å²) in [6.45, 7) is 2.91. The average molecular weight is 403 g/mol. The van der Waals surface area contributed by atoms with Crippen LogP contribution in [0.5, 0.6) is 0 Å². The van der Waals surface area contributed by atoms with E-state index in [1.807, 2.05) is 48.6 Å². The number of imidazole rings is 1. The van der Waals surface area contributed by atoms with Crippen molar-refractivity contribution in [3.05, 3.63) is 66.0 Å². The molecule has 1 amide bonds. The van der Waals surface area contributed by atoms with E-state index in [1.54, 1.807) is 0 Å². The van der Waals surface area contributed by atoms with E-state index in [4.69, 9.17) is 0 Å². The fourth-order valence-corrected chi connectivity index (χ4v) is 5.14. The van der Waals surface area contributed by atoms with Crippen molar-refractivity contribution in [1.29, 1.82) is 0 Å². The predicted octanol–water partition coefficient (Wildman–Crippen LogP) is 4.17. The Morgan fingerprint density at radius 2 is 1.83 bits per heavy atom. The zero-order valence-electron chi connectivity index (χ0n) is 17.7. The van der Waals surface area contributed by atoms with Gasteiger partial charge in [-0.25, -0.2) is 4.98 Å². The number of carbonyl (C=O) groups is 1. The summed E-state index contributed by atoms with van der Waals surface area (Å²) in [5, 5.41) is 0. The molecule has 1 atom stereocenters. The van der Waals surface area contributed by atoms with Crippen LogP contribution in [0.15, 0.2) is 54.9 Å². The van der Waals surface area contributed by atoms with Gasteiger partial charge in [0.25, 0.3) is 5.91 Å². The van der Waals surface area contributed by atoms with Crippen LogP contribution in [0.2, 0.25) is 0 Å². The highest BCUT2D eigenvalue weighted by molar-refractivity contribution is 5.94. The summed E-state index contributed by atoms with van der Waals surface area (Å²) in [6.07, 6.45) is 8.36. The number of amides is 1. The Morgan fingerprint density at radius 1 is 1.07 bits per heavy atom. The number of fused-ring (bicyclic) bond motifs is 1. The lowest BCUT2D eigenvalue weighted by Gasteiger charge is -2.27. The molecule has 1 aromatic heterocycles. The van der Waals surface area contributed by atoms with Crippen LogP contribution in [0, 0.1) is 0 Å². The standard InChI is InChI=1S/C25H30N4O/c1-27(22-14-15-28(17-22)21-6-2-3-7-21)25(30)20-12-10-19(11-13-20)16-29-18-26-23-8-4-5-9-24(23)29/h4-5,8-13,18,21-22H,2-3,6-7,14-17H2,1H3/t22-/m1/s1. The van der Waals surface area contributed by atoms with E-state index < -0.39 is 0 Å². The molecule has 5 heteroatoms. The van der Waals surface area contributed by atoms with Gasteiger partial charge >= 0.3 is 0 Å². The summed E-state index contributed by atoms with van der Waals surface area (Å²) in [5.74, 6) is 0.132. The number of aromatic nitrogens is 2. The molecule has 1 aliphatic heterocycles. The highest BCUT2D eigenvalue weighted by Crippen LogP contribution is 2.28. The lowest BCUT2D eigenvalue weighted by atomic mass is 10.1. The van der Waals surface area contributed by atoms with Crippen molar-refractivity contribution >= 4 is 16.9 Å². The first-order chi connectivity index (χ1) is 14.7. The van der Waals surface area contributed by atoms with Crippen molar-refractivity contribution in [1.82, 2.24) is 19.4 Å². The molecular formula is C25H30N4O. The monoisotopic (exact) mass is 402 g/mol. The maximum absolute atomic E-state index is 13.1. The largest absolute Gasteiger partial charge is 0.337 e. The van der Waals surface area contributed by atoms with Crippen molar-refractivity contribution in [3.8, 4) is 0 Å². The van der Waals surface area contributed by atoms with Crippen molar-refractivity contribution in [2.75, 3.05) is 20.1 Å². The molecule has 1 saturated carbocycles. The molecule has 1 aliphatic carbocycles. The number of likely N-dealkylation sites (tertiary alicyclic amines) is 1. The van der Waals surface area contributed by atoms with E-state index >= 15 is 0 Å². The number of benzene rings is 2. The number of para-hydroxylation sites is 2. The van der Waals surface area contributed by atoms with Crippen LogP contribution < -0.4 is 0 Å². The SMILES string of the molecule is CN(C(=O)c1ccc(Cn2cnc3ccccc32)cc1)[C@@H]1CCN(C2CCCC2)C1. The minimum Gasteiger partial charge on any atom is -0.337 e. The van der Waals surface area contributed by atoms with Crippen molar-refractivity contribution in [3.63, 3.8) is 0 Å². The summed E-state index contributed by atoms with van der Waals surface area (Å²) in [7, 11) is 1.97. The first kappa shape index (κ1) is 19.3. The van der Waals surface area contributed by atoms with Crippen LogP contribution in [-0.4, -0.2) is 57.5 Å². The van der Waals surface area contributed by atoms with E-state index in [2.05, 4.69) is 32.7 Å². The fourth-order valence-electron chi connectivity index (χ4n) is 5.14. The molecule has 0 spiro atoms. The van der Waals surface area contributed by atoms with E-state index in [0.717, 1.165) is 48.7 Å². The molecule has 0 radical (unpaired) electrons. The quantitative estimate of drug-likeness (QED) is 0.643. The summed E-state index contributed by atoms with van der Waals surface area (Å²) in [6, 6.07) is 17.3. The molecular weight excluding hydrogens is 372 g/mol. The molecule has 3 aromatic rings. The highest BCUT2D eigenvalue weighted by Gasteiger charge is 2.33. The van der Waals surface area contributed by atoms with Crippen LogP contribution in [-0.2, 0) is 6.54 Å². The molecule has 1 saturated heterocycles. The van der Waals surface area contributed by atoms with Crippen molar-refractivity contribution in [2.45, 2.75) is 50.7 Å². The predicted molar refractivity (Wildman–Crippen MR) is 120 cm³/mol. The zero-order valence-corrected chi connectivity index (χ0v) is 17.7. The molecule has 5 rings (SSSR count). The maximum Gasteiger partial charge on any atom is 0.253 e. The summed E-state index contributed by atoms with van der Waals surface area (Å²) >= 11 is 0. The zero-order chi connectivity index (χ0) is 20.5. The fraction of sp³-hybridized carbons (Fsp3) is 0.440. The third kappa shape index (κ3) is 3.74. The Hall–Kier alpha value is -2.66. The number of rotatable bonds is 5. The van der Waals surface area contributed by atoms with E-state index in [0.29, 0.717) is 6.04 Å². The van der Waals surface area contributed by atoms with Gasteiger partial charge in [0.2, 0.25) is 0 Å². The lowest BCUT2D eigenvalue weighted by molar-refractivity contribution is 0.0730. The second kappa shape index (κ2) is 8.23. The van der Waals surface area contributed by atoms with Gasteiger partial charge in [-0.15, -0.1) is 0 Å². The normalized spacial score (nSPS) is 20.2. The van der Waals surface area contributed by atoms with Crippen LogP contribution in [0.4, 0.5) is 0 Å². The van der Waals surface area contributed by atoms with E-state index in [-0.39, 0.29) is 5.91 Å². The van der Waals surface area contributed by atoms with Crippen LogP contribution in [0.25, 0.3) is 11.0 Å². The molecule has 156 valence electrons. The van der Waals surface area contributed by atoms with Gasteiger partial charge in [0.05, 0.1) is 17.4 Å². The lowest BCUT2D eigenvalue weighted by Crippen LogP contribution is -2.40. The summed E-state index contributed by atoms with van der Waals surface area (Å²) < 4.78 is 2.15. The van der Waals surface area contributed by atoms with Crippen LogP contribution in [0.1, 0.15) is 48.0 Å². The first-order valence-corrected chi connectivity index (χ1v) is 11.2. The third-order valence-corrected chi connectivity index (χ3v) is 6.99. The topological polar surface area (TPSA) is 41.4 Å². The Bertz CT molecular complexity index is 1020. The Labute approximate surface area is 178 Å². The van der Waals surface area contributed by atoms with Gasteiger partial charge < -0.3 is 9.47 Å². The van der Waals surface area contributed by atoms with Gasteiger partial charge in [0.1, 0.15) is 0 Å². The van der Waals surface area contributed by atoms with Crippen molar-refractivity contribution < 1.29 is 4.79 Å². The first-order valence-electron chi connectivity index (χ1n) is 11.2. The summed E-state index contributed by atoms with van der Waals surface area (Å²) in [5.41, 5.74) is 4.08. The molecule has 30 heavy (non-hydrogen) atoms. The molecule has 2 aliphatic rings. The smallest absolute Gasteiger partial charge is 0.253 e. The molecule has 0 N–H and O–H groups in total. The second-order valence-corrected chi connectivity index (χ2v) is 8.85. The highest BCUT2D eigenvalue weighted by atomic mass is 16.2.